The highest BCUT2D eigenvalue weighted by molar-refractivity contribution is 7.17. The molecule has 0 aliphatic heterocycles. The molecule has 0 aliphatic rings. The van der Waals surface area contributed by atoms with Crippen molar-refractivity contribution in [1.82, 2.24) is 4.98 Å². The number of hydrogen-bond acceptors (Lipinski definition) is 3. The molecule has 20 heavy (non-hydrogen) atoms. The number of carbonyl (C=O) groups is 1. The first-order valence-corrected chi connectivity index (χ1v) is 6.40. The molecule has 2 rings (SSSR count). The first-order valence-electron chi connectivity index (χ1n) is 5.59. The zero-order valence-corrected chi connectivity index (χ0v) is 11.4. The average molecular weight is 301 g/mol. The smallest absolute Gasteiger partial charge is 0.435 e. The molecule has 106 valence electrons. The molecule has 7 heteroatoms. The number of aromatic carboxylic acids is 1. The number of nitrogens with zero attached hydrogens (tertiary/aromatic N) is 1. The van der Waals surface area contributed by atoms with Crippen molar-refractivity contribution in [2.45, 2.75) is 20.0 Å². The lowest BCUT2D eigenvalue weighted by Gasteiger charge is -2.04. The predicted molar refractivity (Wildman–Crippen MR) is 69.0 cm³/mol. The summed E-state index contributed by atoms with van der Waals surface area (Å²) in [5, 5.41) is 8.95. The summed E-state index contributed by atoms with van der Waals surface area (Å²) >= 11 is 0.540. The van der Waals surface area contributed by atoms with E-state index in [2.05, 4.69) is 4.98 Å². The van der Waals surface area contributed by atoms with Crippen LogP contribution in [-0.4, -0.2) is 16.1 Å². The Bertz CT molecular complexity index is 677. The summed E-state index contributed by atoms with van der Waals surface area (Å²) in [7, 11) is 0. The SMILES string of the molecule is Cc1ccc(C)c(-c2nc(C(F)(F)F)c(C(=O)O)s2)c1. The molecule has 0 bridgehead atoms. The number of benzene rings is 1. The lowest BCUT2D eigenvalue weighted by Crippen LogP contribution is -2.11. The van der Waals surface area contributed by atoms with Gasteiger partial charge in [0, 0.05) is 5.56 Å². The van der Waals surface area contributed by atoms with Crippen LogP contribution in [0.2, 0.25) is 0 Å². The maximum atomic E-state index is 12.8. The minimum Gasteiger partial charge on any atom is -0.477 e. The van der Waals surface area contributed by atoms with Crippen molar-refractivity contribution >= 4 is 17.3 Å². The third kappa shape index (κ3) is 2.67. The molecule has 1 aromatic heterocycles. The molecule has 2 aromatic rings. The minimum atomic E-state index is -4.78. The van der Waals surface area contributed by atoms with Crippen LogP contribution < -0.4 is 0 Å². The molecule has 0 saturated heterocycles. The topological polar surface area (TPSA) is 50.2 Å². The molecule has 0 fully saturated rings. The number of alkyl halides is 3. The van der Waals surface area contributed by atoms with Crippen molar-refractivity contribution in [3.63, 3.8) is 0 Å². The summed E-state index contributed by atoms with van der Waals surface area (Å²) in [6.07, 6.45) is -4.78. The van der Waals surface area contributed by atoms with Crippen molar-refractivity contribution in [2.75, 3.05) is 0 Å². The number of aromatic nitrogens is 1. The molecular formula is C13H10F3NO2S. The van der Waals surface area contributed by atoms with E-state index < -0.39 is 22.7 Å². The Balaban J connectivity index is 2.65. The molecule has 1 heterocycles. The van der Waals surface area contributed by atoms with E-state index in [-0.39, 0.29) is 5.01 Å². The van der Waals surface area contributed by atoms with Crippen LogP contribution in [0.4, 0.5) is 13.2 Å². The quantitative estimate of drug-likeness (QED) is 0.906. The van der Waals surface area contributed by atoms with Gasteiger partial charge in [-0.3, -0.25) is 0 Å². The van der Waals surface area contributed by atoms with Gasteiger partial charge in [0.05, 0.1) is 0 Å². The highest BCUT2D eigenvalue weighted by Crippen LogP contribution is 2.38. The molecule has 0 unspecified atom stereocenters. The van der Waals surface area contributed by atoms with Gasteiger partial charge in [-0.1, -0.05) is 17.7 Å². The van der Waals surface area contributed by atoms with Gasteiger partial charge in [0.1, 0.15) is 9.88 Å². The first-order chi connectivity index (χ1) is 9.20. The number of carboxylic acids is 1. The van der Waals surface area contributed by atoms with Gasteiger partial charge >= 0.3 is 12.1 Å². The van der Waals surface area contributed by atoms with Gasteiger partial charge in [0.15, 0.2) is 5.69 Å². The second-order valence-corrected chi connectivity index (χ2v) is 5.32. The highest BCUT2D eigenvalue weighted by Gasteiger charge is 2.39. The van der Waals surface area contributed by atoms with Gasteiger partial charge in [-0.2, -0.15) is 13.2 Å². The fourth-order valence-corrected chi connectivity index (χ4v) is 2.74. The van der Waals surface area contributed by atoms with Crippen molar-refractivity contribution in [3.05, 3.63) is 39.9 Å². The Kier molecular flexibility index (Phi) is 3.56. The molecule has 0 aliphatic carbocycles. The van der Waals surface area contributed by atoms with E-state index >= 15 is 0 Å². The summed E-state index contributed by atoms with van der Waals surface area (Å²) < 4.78 is 38.4. The zero-order valence-electron chi connectivity index (χ0n) is 10.6. The Labute approximate surface area is 116 Å². The highest BCUT2D eigenvalue weighted by atomic mass is 32.1. The van der Waals surface area contributed by atoms with Crippen LogP contribution in [0.1, 0.15) is 26.5 Å². The largest absolute Gasteiger partial charge is 0.477 e. The van der Waals surface area contributed by atoms with Crippen LogP contribution in [0.15, 0.2) is 18.2 Å². The van der Waals surface area contributed by atoms with Crippen LogP contribution in [0.5, 0.6) is 0 Å². The number of aryl methyl sites for hydroxylation is 2. The van der Waals surface area contributed by atoms with Crippen molar-refractivity contribution in [3.8, 4) is 10.6 Å². The summed E-state index contributed by atoms with van der Waals surface area (Å²) in [6, 6.07) is 5.29. The average Bonchev–Trinajstić information content (AvgIpc) is 2.77. The van der Waals surface area contributed by atoms with Crippen LogP contribution in [0.3, 0.4) is 0 Å². The van der Waals surface area contributed by atoms with Crippen molar-refractivity contribution < 1.29 is 23.1 Å². The van der Waals surface area contributed by atoms with Gasteiger partial charge in [0.2, 0.25) is 0 Å². The Morgan fingerprint density at radius 3 is 2.45 bits per heavy atom. The van der Waals surface area contributed by atoms with Gasteiger partial charge in [-0.15, -0.1) is 11.3 Å². The van der Waals surface area contributed by atoms with E-state index in [0.29, 0.717) is 16.9 Å². The number of halogens is 3. The molecule has 0 radical (unpaired) electrons. The fourth-order valence-electron chi connectivity index (χ4n) is 1.74. The van der Waals surface area contributed by atoms with E-state index in [1.807, 2.05) is 6.07 Å². The number of rotatable bonds is 2. The minimum absolute atomic E-state index is 0.0657. The maximum Gasteiger partial charge on any atom is 0.435 e. The number of carboxylic acid groups (broad SMARTS) is 1. The standard InChI is InChI=1S/C13H10F3NO2S/c1-6-3-4-7(2)8(5-6)11-17-10(13(14,15)16)9(20-11)12(18)19/h3-5H,1-2H3,(H,18,19). The summed E-state index contributed by atoms with van der Waals surface area (Å²) in [5.74, 6) is -1.62. The maximum absolute atomic E-state index is 12.8. The molecular weight excluding hydrogens is 291 g/mol. The van der Waals surface area contributed by atoms with E-state index in [9.17, 15) is 18.0 Å². The second-order valence-electron chi connectivity index (χ2n) is 4.32. The first kappa shape index (κ1) is 14.5. The van der Waals surface area contributed by atoms with Crippen LogP contribution in [0, 0.1) is 13.8 Å². The van der Waals surface area contributed by atoms with Gasteiger partial charge < -0.3 is 5.11 Å². The Morgan fingerprint density at radius 1 is 1.30 bits per heavy atom. The summed E-state index contributed by atoms with van der Waals surface area (Å²) in [4.78, 5) is 13.6. The Hall–Kier alpha value is -1.89. The molecule has 1 N–H and O–H groups in total. The van der Waals surface area contributed by atoms with Crippen LogP contribution >= 0.6 is 11.3 Å². The number of hydrogen-bond donors (Lipinski definition) is 1. The third-order valence-corrected chi connectivity index (χ3v) is 3.79. The monoisotopic (exact) mass is 301 g/mol. The molecule has 0 amide bonds. The van der Waals surface area contributed by atoms with Gasteiger partial charge in [-0.05, 0) is 25.5 Å². The van der Waals surface area contributed by atoms with E-state index in [1.54, 1.807) is 26.0 Å². The summed E-state index contributed by atoms with van der Waals surface area (Å²) in [5.41, 5.74) is 0.792. The molecule has 0 spiro atoms. The molecule has 3 nitrogen and oxygen atoms in total. The lowest BCUT2D eigenvalue weighted by molar-refractivity contribution is -0.141. The predicted octanol–water partition coefficient (Wildman–Crippen LogP) is 4.14. The summed E-state index contributed by atoms with van der Waals surface area (Å²) in [6.45, 7) is 3.54. The van der Waals surface area contributed by atoms with Crippen molar-refractivity contribution in [2.24, 2.45) is 0 Å². The van der Waals surface area contributed by atoms with Gasteiger partial charge in [0.25, 0.3) is 0 Å². The Morgan fingerprint density at radius 2 is 1.95 bits per heavy atom. The van der Waals surface area contributed by atoms with Gasteiger partial charge in [-0.25, -0.2) is 9.78 Å². The molecule has 0 atom stereocenters. The lowest BCUT2D eigenvalue weighted by atomic mass is 10.1. The van der Waals surface area contributed by atoms with Crippen LogP contribution in [0.25, 0.3) is 10.6 Å². The normalized spacial score (nSPS) is 11.7. The molecule has 1 aromatic carbocycles. The van der Waals surface area contributed by atoms with E-state index in [0.717, 1.165) is 11.1 Å². The van der Waals surface area contributed by atoms with Crippen LogP contribution in [-0.2, 0) is 6.18 Å². The molecule has 0 saturated carbocycles. The van der Waals surface area contributed by atoms with E-state index in [1.165, 1.54) is 0 Å². The number of thiazole rings is 1. The third-order valence-electron chi connectivity index (χ3n) is 2.71. The second kappa shape index (κ2) is 4.90. The van der Waals surface area contributed by atoms with E-state index in [4.69, 9.17) is 5.11 Å². The fraction of sp³-hybridized carbons (Fsp3) is 0.231. The van der Waals surface area contributed by atoms with Crippen molar-refractivity contribution in [1.29, 1.82) is 0 Å². The zero-order chi connectivity index (χ0) is 15.1.